The Hall–Kier alpha value is -2.47. The first kappa shape index (κ1) is 18.3. The van der Waals surface area contributed by atoms with Gasteiger partial charge < -0.3 is 0 Å². The molecular weight excluding hydrogens is 395 g/mol. The summed E-state index contributed by atoms with van der Waals surface area (Å²) in [6.07, 6.45) is 0. The van der Waals surface area contributed by atoms with Gasteiger partial charge in [-0.15, -0.1) is 10.2 Å². The number of nitrogens with zero attached hydrogens (tertiary/aromatic N) is 3. The van der Waals surface area contributed by atoms with E-state index in [2.05, 4.69) is 21.6 Å². The van der Waals surface area contributed by atoms with Crippen molar-refractivity contribution in [3.63, 3.8) is 0 Å². The average molecular weight is 405 g/mol. The lowest BCUT2D eigenvalue weighted by molar-refractivity contribution is 0.102. The third-order valence-electron chi connectivity index (χ3n) is 3.26. The zero-order valence-corrected chi connectivity index (χ0v) is 15.5. The number of hydrogen-bond acceptors (Lipinski definition) is 6. The number of rotatable bonds is 5. The normalized spacial score (nSPS) is 10.3. The van der Waals surface area contributed by atoms with E-state index in [1.807, 2.05) is 12.1 Å². The van der Waals surface area contributed by atoms with Gasteiger partial charge in [0.2, 0.25) is 5.13 Å². The topological polar surface area (TPSA) is 78.7 Å². The molecule has 0 unspecified atom stereocenters. The van der Waals surface area contributed by atoms with E-state index < -0.39 is 11.7 Å². The van der Waals surface area contributed by atoms with Crippen LogP contribution in [0.1, 0.15) is 21.5 Å². The van der Waals surface area contributed by atoms with Crippen molar-refractivity contribution in [2.24, 2.45) is 0 Å². The van der Waals surface area contributed by atoms with Crippen molar-refractivity contribution >= 4 is 45.7 Å². The molecule has 0 fully saturated rings. The van der Waals surface area contributed by atoms with Crippen LogP contribution in [0.25, 0.3) is 0 Å². The van der Waals surface area contributed by atoms with Crippen LogP contribution in [0.15, 0.2) is 46.8 Å². The number of hydrogen-bond donors (Lipinski definition) is 1. The Morgan fingerprint density at radius 1 is 1.27 bits per heavy atom. The molecule has 1 N–H and O–H groups in total. The molecule has 3 aromatic rings. The van der Waals surface area contributed by atoms with Crippen molar-refractivity contribution in [2.75, 3.05) is 5.32 Å². The molecule has 0 radical (unpaired) electrons. The van der Waals surface area contributed by atoms with Gasteiger partial charge in [-0.25, -0.2) is 4.39 Å². The number of amides is 1. The number of nitrogens with one attached hydrogen (secondary N) is 1. The third kappa shape index (κ3) is 4.38. The van der Waals surface area contributed by atoms with Crippen LogP contribution in [0.5, 0.6) is 0 Å². The molecule has 0 aliphatic rings. The molecule has 0 saturated heterocycles. The monoisotopic (exact) mass is 404 g/mol. The van der Waals surface area contributed by atoms with Crippen LogP contribution in [-0.2, 0) is 5.75 Å². The molecule has 9 heteroatoms. The number of aromatic nitrogens is 2. The molecule has 0 aliphatic heterocycles. The maximum absolute atomic E-state index is 13.8. The van der Waals surface area contributed by atoms with Crippen LogP contribution in [0.3, 0.4) is 0 Å². The van der Waals surface area contributed by atoms with Crippen LogP contribution in [0.4, 0.5) is 9.52 Å². The van der Waals surface area contributed by atoms with E-state index in [9.17, 15) is 9.18 Å². The summed E-state index contributed by atoms with van der Waals surface area (Å²) in [5.74, 6) is -0.726. The zero-order chi connectivity index (χ0) is 18.5. The Bertz CT molecular complexity index is 965. The molecule has 5 nitrogen and oxygen atoms in total. The highest BCUT2D eigenvalue weighted by Gasteiger charge is 2.17. The van der Waals surface area contributed by atoms with Gasteiger partial charge in [0, 0.05) is 5.75 Å². The smallest absolute Gasteiger partial charge is 0.261 e. The van der Waals surface area contributed by atoms with Gasteiger partial charge in [-0.05, 0) is 29.8 Å². The second-order valence-corrected chi connectivity index (χ2v) is 7.63. The van der Waals surface area contributed by atoms with Crippen LogP contribution < -0.4 is 5.32 Å². The van der Waals surface area contributed by atoms with Gasteiger partial charge in [0.05, 0.1) is 22.2 Å². The van der Waals surface area contributed by atoms with E-state index >= 15 is 0 Å². The van der Waals surface area contributed by atoms with E-state index in [1.54, 1.807) is 12.1 Å². The fraction of sp³-hybridized carbons (Fsp3) is 0.0588. The maximum atomic E-state index is 13.8. The number of thioether (sulfide) groups is 1. The summed E-state index contributed by atoms with van der Waals surface area (Å²) in [7, 11) is 0. The lowest BCUT2D eigenvalue weighted by Gasteiger charge is -2.04. The fourth-order valence-corrected chi connectivity index (χ4v) is 3.97. The zero-order valence-electron chi connectivity index (χ0n) is 13.1. The van der Waals surface area contributed by atoms with Crippen molar-refractivity contribution in [3.05, 3.63) is 70.0 Å². The summed E-state index contributed by atoms with van der Waals surface area (Å²) >= 11 is 8.51. The van der Waals surface area contributed by atoms with Gasteiger partial charge in [-0.2, -0.15) is 5.26 Å². The fourth-order valence-electron chi connectivity index (χ4n) is 2.01. The Morgan fingerprint density at radius 3 is 2.73 bits per heavy atom. The molecule has 130 valence electrons. The van der Waals surface area contributed by atoms with Crippen LogP contribution in [0, 0.1) is 17.1 Å². The number of benzene rings is 2. The summed E-state index contributed by atoms with van der Waals surface area (Å²) < 4.78 is 14.4. The number of carbonyl (C=O) groups excluding carboxylic acids is 1. The minimum absolute atomic E-state index is 0.0300. The summed E-state index contributed by atoms with van der Waals surface area (Å²) in [4.78, 5) is 12.2. The minimum Gasteiger partial charge on any atom is -0.296 e. The molecule has 26 heavy (non-hydrogen) atoms. The second-order valence-electron chi connectivity index (χ2n) is 5.02. The largest absolute Gasteiger partial charge is 0.296 e. The highest BCUT2D eigenvalue weighted by molar-refractivity contribution is 8.00. The van der Waals surface area contributed by atoms with Gasteiger partial charge in [0.25, 0.3) is 5.91 Å². The van der Waals surface area contributed by atoms with Crippen LogP contribution >= 0.6 is 34.7 Å². The molecule has 2 aromatic carbocycles. The molecule has 3 rings (SSSR count). The molecule has 1 amide bonds. The molecule has 1 heterocycles. The molecule has 0 saturated carbocycles. The Morgan fingerprint density at radius 2 is 2.04 bits per heavy atom. The number of nitriles is 1. The Kier molecular flexibility index (Phi) is 5.83. The Labute approximate surface area is 161 Å². The molecule has 0 atom stereocenters. The van der Waals surface area contributed by atoms with Gasteiger partial charge in [-0.3, -0.25) is 10.1 Å². The van der Waals surface area contributed by atoms with E-state index in [0.717, 1.165) is 5.56 Å². The molecule has 0 spiro atoms. The predicted octanol–water partition coefficient (Wildman–Crippen LogP) is 4.75. The molecule has 1 aromatic heterocycles. The van der Waals surface area contributed by atoms with Crippen molar-refractivity contribution < 1.29 is 9.18 Å². The second kappa shape index (κ2) is 8.27. The molecular formula is C17H10ClFN4OS2. The standard InChI is InChI=1S/C17H10ClFN4OS2/c18-12-2-1-3-13(19)14(12)15(24)21-16-22-23-17(26-16)25-9-11-6-4-10(8-20)5-7-11/h1-7H,9H2,(H,21,22,24). The first-order valence-corrected chi connectivity index (χ1v) is 9.45. The van der Waals surface area contributed by atoms with E-state index in [0.29, 0.717) is 15.7 Å². The first-order valence-electron chi connectivity index (χ1n) is 7.27. The van der Waals surface area contributed by atoms with Gasteiger partial charge in [0.1, 0.15) is 5.82 Å². The quantitative estimate of drug-likeness (QED) is 0.490. The highest BCUT2D eigenvalue weighted by Crippen LogP contribution is 2.29. The van der Waals surface area contributed by atoms with Crippen molar-refractivity contribution in [3.8, 4) is 6.07 Å². The van der Waals surface area contributed by atoms with Gasteiger partial charge >= 0.3 is 0 Å². The SMILES string of the molecule is N#Cc1ccc(CSc2nnc(NC(=O)c3c(F)cccc3Cl)s2)cc1. The predicted molar refractivity (Wildman–Crippen MR) is 100.0 cm³/mol. The third-order valence-corrected chi connectivity index (χ3v) is 5.62. The maximum Gasteiger partial charge on any atom is 0.261 e. The number of anilines is 1. The van der Waals surface area contributed by atoms with E-state index in [4.69, 9.17) is 16.9 Å². The minimum atomic E-state index is -0.699. The van der Waals surface area contributed by atoms with Crippen molar-refractivity contribution in [1.29, 1.82) is 5.26 Å². The molecule has 0 aliphatic carbocycles. The average Bonchev–Trinajstić information content (AvgIpc) is 3.07. The number of halogens is 2. The number of carbonyl (C=O) groups is 1. The lowest BCUT2D eigenvalue weighted by atomic mass is 10.2. The van der Waals surface area contributed by atoms with Crippen LogP contribution in [0.2, 0.25) is 5.02 Å². The highest BCUT2D eigenvalue weighted by atomic mass is 35.5. The summed E-state index contributed by atoms with van der Waals surface area (Å²) in [6, 6.07) is 13.3. The van der Waals surface area contributed by atoms with Gasteiger partial charge in [-0.1, -0.05) is 52.9 Å². The summed E-state index contributed by atoms with van der Waals surface area (Å²) in [6.45, 7) is 0. The van der Waals surface area contributed by atoms with Crippen molar-refractivity contribution in [1.82, 2.24) is 10.2 Å². The van der Waals surface area contributed by atoms with Crippen LogP contribution in [-0.4, -0.2) is 16.1 Å². The van der Waals surface area contributed by atoms with Crippen molar-refractivity contribution in [2.45, 2.75) is 10.1 Å². The summed E-state index contributed by atoms with van der Waals surface area (Å²) in [5, 5.41) is 19.5. The lowest BCUT2D eigenvalue weighted by Crippen LogP contribution is -2.14. The molecule has 0 bridgehead atoms. The van der Waals surface area contributed by atoms with E-state index in [1.165, 1.54) is 41.3 Å². The van der Waals surface area contributed by atoms with Gasteiger partial charge in [0.15, 0.2) is 4.34 Å². The summed E-state index contributed by atoms with van der Waals surface area (Å²) in [5.41, 5.74) is 1.41. The van der Waals surface area contributed by atoms with E-state index in [-0.39, 0.29) is 15.7 Å². The Balaban J connectivity index is 1.62. The first-order chi connectivity index (χ1) is 12.6.